The van der Waals surface area contributed by atoms with Crippen molar-refractivity contribution in [2.45, 2.75) is 0 Å². The Morgan fingerprint density at radius 1 is 1.07 bits per heavy atom. The standard InChI is InChI=1S/C20H17NO5S/c1-25-15-6-4-3-5-14(15)21-19-17(20(24)26-2)18(23)16(27-19)11-12-7-9-13(22)10-8-12/h3-11,22-23H,1-2H3/b16-11+,21-19?. The number of nitrogens with zero attached hydrogens (tertiary/aromatic N) is 1. The van der Waals surface area contributed by atoms with Gasteiger partial charge < -0.3 is 19.7 Å². The Balaban J connectivity index is 2.06. The first-order valence-corrected chi connectivity index (χ1v) is 8.77. The molecule has 3 rings (SSSR count). The summed E-state index contributed by atoms with van der Waals surface area (Å²) < 4.78 is 10.1. The molecule has 0 saturated carbocycles. The Hall–Kier alpha value is -3.19. The molecule has 0 amide bonds. The number of hydrogen-bond donors (Lipinski definition) is 2. The van der Waals surface area contributed by atoms with Gasteiger partial charge in [0.25, 0.3) is 0 Å². The van der Waals surface area contributed by atoms with Crippen molar-refractivity contribution in [1.82, 2.24) is 0 Å². The first kappa shape index (κ1) is 18.6. The third-order valence-electron chi connectivity index (χ3n) is 3.78. The predicted molar refractivity (Wildman–Crippen MR) is 105 cm³/mol. The number of aliphatic imine (C=N–C) groups is 1. The lowest BCUT2D eigenvalue weighted by Crippen LogP contribution is -2.10. The first-order valence-electron chi connectivity index (χ1n) is 7.96. The van der Waals surface area contributed by atoms with Crippen LogP contribution < -0.4 is 4.74 Å². The molecule has 0 atom stereocenters. The summed E-state index contributed by atoms with van der Waals surface area (Å²) in [7, 11) is 2.78. The molecule has 0 fully saturated rings. The largest absolute Gasteiger partial charge is 0.508 e. The number of carbonyl (C=O) groups excluding carboxylic acids is 1. The van der Waals surface area contributed by atoms with Crippen LogP contribution in [-0.4, -0.2) is 35.4 Å². The fourth-order valence-corrected chi connectivity index (χ4v) is 3.47. The van der Waals surface area contributed by atoms with Crippen molar-refractivity contribution in [3.05, 3.63) is 70.3 Å². The van der Waals surface area contributed by atoms with E-state index in [4.69, 9.17) is 9.47 Å². The van der Waals surface area contributed by atoms with Crippen LogP contribution in [-0.2, 0) is 9.53 Å². The van der Waals surface area contributed by atoms with Crippen LogP contribution in [0.1, 0.15) is 5.56 Å². The van der Waals surface area contributed by atoms with Crippen molar-refractivity contribution < 1.29 is 24.5 Å². The maximum atomic E-state index is 12.2. The molecule has 0 saturated heterocycles. The maximum absolute atomic E-state index is 12.2. The summed E-state index contributed by atoms with van der Waals surface area (Å²) in [5, 5.41) is 20.3. The number of carbonyl (C=O) groups is 1. The van der Waals surface area contributed by atoms with E-state index in [0.717, 1.165) is 17.3 Å². The normalized spacial score (nSPS) is 16.8. The van der Waals surface area contributed by atoms with Crippen molar-refractivity contribution in [3.8, 4) is 11.5 Å². The van der Waals surface area contributed by atoms with Crippen molar-refractivity contribution in [3.63, 3.8) is 0 Å². The van der Waals surface area contributed by atoms with Crippen molar-refractivity contribution >= 4 is 34.5 Å². The molecule has 2 aromatic rings. The molecule has 0 aromatic heterocycles. The van der Waals surface area contributed by atoms with Crippen LogP contribution in [0.25, 0.3) is 6.08 Å². The van der Waals surface area contributed by atoms with E-state index in [9.17, 15) is 15.0 Å². The van der Waals surface area contributed by atoms with Crippen molar-refractivity contribution in [2.75, 3.05) is 14.2 Å². The molecule has 1 aliphatic rings. The molecule has 2 aromatic carbocycles. The minimum absolute atomic E-state index is 0.00145. The van der Waals surface area contributed by atoms with Crippen molar-refractivity contribution in [1.29, 1.82) is 0 Å². The summed E-state index contributed by atoms with van der Waals surface area (Å²) in [6.45, 7) is 0. The summed E-state index contributed by atoms with van der Waals surface area (Å²) in [6, 6.07) is 13.6. The Bertz CT molecular complexity index is 961. The van der Waals surface area contributed by atoms with Gasteiger partial charge in [0.15, 0.2) is 0 Å². The number of aromatic hydroxyl groups is 1. The smallest absolute Gasteiger partial charge is 0.344 e. The van der Waals surface area contributed by atoms with Crippen LogP contribution in [0.3, 0.4) is 0 Å². The molecule has 6 nitrogen and oxygen atoms in total. The van der Waals surface area contributed by atoms with E-state index < -0.39 is 5.97 Å². The Morgan fingerprint density at radius 2 is 1.78 bits per heavy atom. The van der Waals surface area contributed by atoms with Gasteiger partial charge in [0.2, 0.25) is 0 Å². The SMILES string of the molecule is COC(=O)C1=C(O)/C(=C\c2ccc(O)cc2)SC1=Nc1ccccc1OC. The van der Waals surface area contributed by atoms with E-state index >= 15 is 0 Å². The van der Waals surface area contributed by atoms with Gasteiger partial charge >= 0.3 is 5.97 Å². The van der Waals surface area contributed by atoms with E-state index in [1.54, 1.807) is 36.4 Å². The third-order valence-corrected chi connectivity index (χ3v) is 4.80. The molecular formula is C20H17NO5S. The zero-order chi connectivity index (χ0) is 19.4. The van der Waals surface area contributed by atoms with Gasteiger partial charge in [-0.25, -0.2) is 9.79 Å². The Morgan fingerprint density at radius 3 is 2.44 bits per heavy atom. The monoisotopic (exact) mass is 383 g/mol. The minimum atomic E-state index is -0.678. The Kier molecular flexibility index (Phi) is 5.52. The number of aliphatic hydroxyl groups excluding tert-OH is 1. The average Bonchev–Trinajstić information content (AvgIpc) is 2.98. The lowest BCUT2D eigenvalue weighted by Gasteiger charge is -2.05. The zero-order valence-electron chi connectivity index (χ0n) is 14.7. The molecule has 0 radical (unpaired) electrons. The van der Waals surface area contributed by atoms with Gasteiger partial charge in [0, 0.05) is 0 Å². The van der Waals surface area contributed by atoms with Crippen LogP contribution >= 0.6 is 11.8 Å². The fraction of sp³-hybridized carbons (Fsp3) is 0.100. The average molecular weight is 383 g/mol. The number of hydrogen-bond acceptors (Lipinski definition) is 7. The topological polar surface area (TPSA) is 88.4 Å². The number of ether oxygens (including phenoxy) is 2. The second kappa shape index (κ2) is 8.01. The van der Waals surface area contributed by atoms with Gasteiger partial charge in [-0.15, -0.1) is 0 Å². The third kappa shape index (κ3) is 3.98. The number of benzene rings is 2. The van der Waals surface area contributed by atoms with Crippen molar-refractivity contribution in [2.24, 2.45) is 4.99 Å². The lowest BCUT2D eigenvalue weighted by molar-refractivity contribution is -0.135. The minimum Gasteiger partial charge on any atom is -0.508 e. The maximum Gasteiger partial charge on any atom is 0.344 e. The van der Waals surface area contributed by atoms with E-state index in [0.29, 0.717) is 21.4 Å². The number of para-hydroxylation sites is 2. The van der Waals surface area contributed by atoms with Gasteiger partial charge in [-0.1, -0.05) is 36.0 Å². The zero-order valence-corrected chi connectivity index (χ0v) is 15.5. The first-order chi connectivity index (χ1) is 13.0. The van der Waals surface area contributed by atoms with E-state index in [1.807, 2.05) is 6.07 Å². The number of thioether (sulfide) groups is 1. The molecule has 1 aliphatic heterocycles. The number of rotatable bonds is 4. The molecule has 0 spiro atoms. The molecule has 138 valence electrons. The second-order valence-electron chi connectivity index (χ2n) is 5.51. The van der Waals surface area contributed by atoms with Crippen LogP contribution in [0.4, 0.5) is 5.69 Å². The van der Waals surface area contributed by atoms with Gasteiger partial charge in [0.05, 0.1) is 19.1 Å². The molecule has 2 N–H and O–H groups in total. The van der Waals surface area contributed by atoms with Gasteiger partial charge in [-0.05, 0) is 35.9 Å². The highest BCUT2D eigenvalue weighted by Crippen LogP contribution is 2.41. The van der Waals surface area contributed by atoms with Crippen LogP contribution in [0.15, 0.2) is 69.8 Å². The number of phenolic OH excluding ortho intramolecular Hbond substituents is 1. The van der Waals surface area contributed by atoms with E-state index in [1.165, 1.54) is 26.4 Å². The molecule has 1 heterocycles. The summed E-state index contributed by atoms with van der Waals surface area (Å²) in [5.41, 5.74) is 1.28. The number of esters is 1. The van der Waals surface area contributed by atoms with Gasteiger partial charge in [0.1, 0.15) is 33.6 Å². The predicted octanol–water partition coefficient (Wildman–Crippen LogP) is 4.20. The van der Waals surface area contributed by atoms with Crippen LogP contribution in [0.2, 0.25) is 0 Å². The number of phenols is 1. The number of methoxy groups -OCH3 is 2. The summed E-state index contributed by atoms with van der Waals surface area (Å²) in [5.74, 6) is -0.189. The summed E-state index contributed by atoms with van der Waals surface area (Å²) >= 11 is 1.15. The lowest BCUT2D eigenvalue weighted by atomic mass is 10.1. The molecule has 0 aliphatic carbocycles. The number of aliphatic hydroxyl groups is 1. The molecule has 27 heavy (non-hydrogen) atoms. The molecule has 0 bridgehead atoms. The summed E-state index contributed by atoms with van der Waals surface area (Å²) in [6.07, 6.45) is 1.70. The Labute approximate surface area is 160 Å². The van der Waals surface area contributed by atoms with Gasteiger partial charge in [-0.3, -0.25) is 0 Å². The van der Waals surface area contributed by atoms with Crippen LogP contribution in [0, 0.1) is 0 Å². The van der Waals surface area contributed by atoms with Gasteiger partial charge in [-0.2, -0.15) is 0 Å². The van der Waals surface area contributed by atoms with E-state index in [2.05, 4.69) is 4.99 Å². The summed E-state index contributed by atoms with van der Waals surface area (Å²) in [4.78, 5) is 17.1. The fourth-order valence-electron chi connectivity index (χ4n) is 2.44. The van der Waals surface area contributed by atoms with E-state index in [-0.39, 0.29) is 17.1 Å². The second-order valence-corrected chi connectivity index (χ2v) is 6.54. The highest BCUT2D eigenvalue weighted by atomic mass is 32.2. The van der Waals surface area contributed by atoms with Crippen LogP contribution in [0.5, 0.6) is 11.5 Å². The highest BCUT2D eigenvalue weighted by Gasteiger charge is 2.33. The molecule has 0 unspecified atom stereocenters. The molecular weight excluding hydrogens is 366 g/mol. The molecule has 7 heteroatoms. The quantitative estimate of drug-likeness (QED) is 0.769. The highest BCUT2D eigenvalue weighted by molar-refractivity contribution is 8.18.